The molecule has 0 heterocycles. The predicted molar refractivity (Wildman–Crippen MR) is 80.8 cm³/mol. The minimum absolute atomic E-state index is 0. The molecule has 3 aliphatic rings. The van der Waals surface area contributed by atoms with Crippen LogP contribution in [0.2, 0.25) is 0 Å². The summed E-state index contributed by atoms with van der Waals surface area (Å²) in [4.78, 5) is 0. The van der Waals surface area contributed by atoms with E-state index in [1.807, 2.05) is 0 Å². The van der Waals surface area contributed by atoms with Crippen LogP contribution in [0.15, 0.2) is 0 Å². The summed E-state index contributed by atoms with van der Waals surface area (Å²) in [5.41, 5.74) is 0.844. The van der Waals surface area contributed by atoms with Gasteiger partial charge in [-0.2, -0.15) is 0 Å². The molecule has 0 N–H and O–H groups in total. The van der Waals surface area contributed by atoms with Gasteiger partial charge in [0.1, 0.15) is 0 Å². The highest BCUT2D eigenvalue weighted by atomic mass is 28.1. The minimum Gasteiger partial charge on any atom is -0.0533 e. The van der Waals surface area contributed by atoms with Gasteiger partial charge in [-0.15, -0.1) is 0 Å². The summed E-state index contributed by atoms with van der Waals surface area (Å²) in [5.74, 6) is 2.27. The molecule has 0 aromatic rings. The first-order chi connectivity index (χ1) is 7.92. The van der Waals surface area contributed by atoms with Gasteiger partial charge in [-0.05, 0) is 66.7 Å². The average Bonchev–Trinajstić information content (AvgIpc) is 3.02. The van der Waals surface area contributed by atoms with Gasteiger partial charge < -0.3 is 0 Å². The average molecular weight is 253 g/mol. The molecule has 0 spiro atoms. The smallest absolute Gasteiger partial charge is 0.0149 e. The molecule has 0 amide bonds. The summed E-state index contributed by atoms with van der Waals surface area (Å²) in [6.45, 7) is 0. The van der Waals surface area contributed by atoms with Gasteiger partial charge in [0.2, 0.25) is 0 Å². The third-order valence-electron chi connectivity index (χ3n) is 6.12. The highest BCUT2D eigenvalue weighted by molar-refractivity contribution is 5.75. The van der Waals surface area contributed by atoms with Crippen molar-refractivity contribution in [1.29, 1.82) is 0 Å². The summed E-state index contributed by atoms with van der Waals surface area (Å²) in [7, 11) is 0. The van der Waals surface area contributed by atoms with Crippen LogP contribution in [0.25, 0.3) is 0 Å². The van der Waals surface area contributed by atoms with E-state index in [4.69, 9.17) is 0 Å². The van der Waals surface area contributed by atoms with Crippen LogP contribution in [0.5, 0.6) is 0 Å². The topological polar surface area (TPSA) is 0 Å². The Labute approximate surface area is 112 Å². The molecule has 0 atom stereocenters. The number of rotatable bonds is 2. The monoisotopic (exact) mass is 252 g/mol. The van der Waals surface area contributed by atoms with Crippen LogP contribution < -0.4 is 0 Å². The second kappa shape index (κ2) is 5.91. The Morgan fingerprint density at radius 3 is 1.41 bits per heavy atom. The maximum absolute atomic E-state index is 1.60. The van der Waals surface area contributed by atoms with Crippen molar-refractivity contribution in [2.45, 2.75) is 83.5 Å². The lowest BCUT2D eigenvalue weighted by atomic mass is 9.60. The Kier molecular flexibility index (Phi) is 4.74. The van der Waals surface area contributed by atoms with Gasteiger partial charge in [0, 0.05) is 0 Å². The van der Waals surface area contributed by atoms with Crippen LogP contribution in [-0.2, 0) is 0 Å². The van der Waals surface area contributed by atoms with Crippen molar-refractivity contribution in [3.8, 4) is 0 Å². The van der Waals surface area contributed by atoms with E-state index in [1.165, 1.54) is 6.42 Å². The van der Waals surface area contributed by atoms with Gasteiger partial charge in [-0.3, -0.25) is 0 Å². The van der Waals surface area contributed by atoms with E-state index in [0.29, 0.717) is 0 Å². The molecule has 100 valence electrons. The molecule has 0 aromatic heterocycles. The zero-order valence-electron chi connectivity index (χ0n) is 10.8. The first kappa shape index (κ1) is 13.6. The SMILES string of the molecule is C1CCC(C2(C3CCCC3)CCCC2)CC1.[SiH4]. The van der Waals surface area contributed by atoms with Crippen LogP contribution in [0.4, 0.5) is 0 Å². The summed E-state index contributed by atoms with van der Waals surface area (Å²) < 4.78 is 0. The predicted octanol–water partition coefficient (Wildman–Crippen LogP) is 3.87. The van der Waals surface area contributed by atoms with Gasteiger partial charge in [0.15, 0.2) is 0 Å². The van der Waals surface area contributed by atoms with E-state index in [0.717, 1.165) is 17.3 Å². The fraction of sp³-hybridized carbons (Fsp3) is 1.00. The highest BCUT2D eigenvalue weighted by Gasteiger charge is 2.47. The Morgan fingerprint density at radius 1 is 0.529 bits per heavy atom. The van der Waals surface area contributed by atoms with Gasteiger partial charge in [-0.25, -0.2) is 0 Å². The first-order valence-electron chi connectivity index (χ1n) is 7.92. The second-order valence-corrected chi connectivity index (χ2v) is 6.76. The largest absolute Gasteiger partial charge is 0.0533 e. The third-order valence-corrected chi connectivity index (χ3v) is 6.12. The molecule has 0 aliphatic heterocycles. The van der Waals surface area contributed by atoms with Crippen molar-refractivity contribution in [3.63, 3.8) is 0 Å². The summed E-state index contributed by atoms with van der Waals surface area (Å²) >= 11 is 0. The number of hydrogen-bond donors (Lipinski definition) is 0. The number of hydrogen-bond acceptors (Lipinski definition) is 0. The maximum atomic E-state index is 1.60. The van der Waals surface area contributed by atoms with Gasteiger partial charge in [-0.1, -0.05) is 44.9 Å². The standard InChI is InChI=1S/C16H28.H4Si/c1-2-8-14(9-3-1)16(12-6-7-13-16)15-10-4-5-11-15;/h14-15H,1-13H2;1H4. The van der Waals surface area contributed by atoms with Crippen molar-refractivity contribution in [3.05, 3.63) is 0 Å². The van der Waals surface area contributed by atoms with Crippen molar-refractivity contribution in [2.24, 2.45) is 17.3 Å². The van der Waals surface area contributed by atoms with Crippen LogP contribution in [0.3, 0.4) is 0 Å². The molecule has 0 nitrogen and oxygen atoms in total. The zero-order valence-corrected chi connectivity index (χ0v) is 10.8. The molecule has 0 unspecified atom stereocenters. The molecule has 3 fully saturated rings. The first-order valence-corrected chi connectivity index (χ1v) is 7.92. The van der Waals surface area contributed by atoms with Crippen LogP contribution in [0.1, 0.15) is 83.5 Å². The molecule has 0 bridgehead atoms. The molecular weight excluding hydrogens is 220 g/mol. The Morgan fingerprint density at radius 2 is 0.941 bits per heavy atom. The zero-order chi connectivity index (χ0) is 10.8. The maximum Gasteiger partial charge on any atom is -0.0149 e. The molecule has 0 saturated heterocycles. The van der Waals surface area contributed by atoms with E-state index in [9.17, 15) is 0 Å². The highest BCUT2D eigenvalue weighted by Crippen LogP contribution is 2.58. The van der Waals surface area contributed by atoms with E-state index in [1.54, 1.807) is 77.0 Å². The van der Waals surface area contributed by atoms with Crippen molar-refractivity contribution in [2.75, 3.05) is 0 Å². The van der Waals surface area contributed by atoms with Gasteiger partial charge >= 0.3 is 0 Å². The van der Waals surface area contributed by atoms with Crippen molar-refractivity contribution < 1.29 is 0 Å². The van der Waals surface area contributed by atoms with Gasteiger partial charge in [0.25, 0.3) is 0 Å². The fourth-order valence-corrected chi connectivity index (χ4v) is 5.36. The molecule has 3 rings (SSSR count). The van der Waals surface area contributed by atoms with Gasteiger partial charge in [0.05, 0.1) is 0 Å². The fourth-order valence-electron chi connectivity index (χ4n) is 5.36. The van der Waals surface area contributed by atoms with E-state index in [-0.39, 0.29) is 11.0 Å². The molecular formula is C16H32Si. The summed E-state index contributed by atoms with van der Waals surface area (Å²) in [5, 5.41) is 0. The van der Waals surface area contributed by atoms with E-state index in [2.05, 4.69) is 0 Å². The normalized spacial score (nSPS) is 30.4. The lowest BCUT2D eigenvalue weighted by Crippen LogP contribution is -2.35. The third kappa shape index (κ3) is 2.50. The molecule has 3 saturated carbocycles. The van der Waals surface area contributed by atoms with E-state index >= 15 is 0 Å². The van der Waals surface area contributed by atoms with Crippen LogP contribution in [-0.4, -0.2) is 11.0 Å². The molecule has 0 aromatic carbocycles. The molecule has 1 heteroatoms. The lowest BCUT2D eigenvalue weighted by Gasteiger charge is -2.44. The van der Waals surface area contributed by atoms with Crippen LogP contribution >= 0.6 is 0 Å². The minimum atomic E-state index is 0. The Bertz CT molecular complexity index is 218. The summed E-state index contributed by atoms with van der Waals surface area (Å²) in [6, 6.07) is 0. The molecule has 17 heavy (non-hydrogen) atoms. The Hall–Kier alpha value is 0.217. The molecule has 0 radical (unpaired) electrons. The quantitative estimate of drug-likeness (QED) is 0.655. The van der Waals surface area contributed by atoms with Crippen molar-refractivity contribution >= 4 is 11.0 Å². The van der Waals surface area contributed by atoms with Crippen LogP contribution in [0, 0.1) is 17.3 Å². The summed E-state index contributed by atoms with van der Waals surface area (Å²) in [6.07, 6.45) is 20.3. The lowest BCUT2D eigenvalue weighted by molar-refractivity contribution is 0.0521. The molecule has 3 aliphatic carbocycles. The van der Waals surface area contributed by atoms with E-state index < -0.39 is 0 Å². The van der Waals surface area contributed by atoms with Crippen molar-refractivity contribution in [1.82, 2.24) is 0 Å². The second-order valence-electron chi connectivity index (χ2n) is 6.76. The Balaban J connectivity index is 0.00000108.